The number of benzene rings is 1. The van der Waals surface area contributed by atoms with E-state index in [4.69, 9.17) is 9.73 Å². The van der Waals surface area contributed by atoms with Crippen LogP contribution in [0.5, 0.6) is 0 Å². The van der Waals surface area contributed by atoms with Crippen LogP contribution in [-0.4, -0.2) is 74.2 Å². The van der Waals surface area contributed by atoms with Gasteiger partial charge in [0.15, 0.2) is 0 Å². The number of nitrogens with zero attached hydrogens (tertiary/aromatic N) is 3. The van der Waals surface area contributed by atoms with Gasteiger partial charge in [-0.2, -0.15) is 0 Å². The predicted molar refractivity (Wildman–Crippen MR) is 139 cm³/mol. The summed E-state index contributed by atoms with van der Waals surface area (Å²) in [5.74, 6) is 0. The number of aromatic amines is 1. The highest BCUT2D eigenvalue weighted by Gasteiger charge is 2.38. The number of nitrogens with one attached hydrogen (secondary N) is 2. The normalized spacial score (nSPS) is 25.7. The first-order chi connectivity index (χ1) is 17.0. The molecule has 0 radical (unpaired) electrons. The van der Waals surface area contributed by atoms with E-state index in [0.29, 0.717) is 13.0 Å². The Hall–Kier alpha value is -2.42. The zero-order chi connectivity index (χ0) is 24.8. The van der Waals surface area contributed by atoms with E-state index in [1.54, 1.807) is 12.4 Å². The van der Waals surface area contributed by atoms with Crippen molar-refractivity contribution in [1.82, 2.24) is 15.2 Å². The molecule has 0 amide bonds. The van der Waals surface area contributed by atoms with Gasteiger partial charge in [0.1, 0.15) is 0 Å². The Balaban J connectivity index is 1.62. The van der Waals surface area contributed by atoms with E-state index in [0.717, 1.165) is 61.0 Å². The van der Waals surface area contributed by atoms with Crippen LogP contribution in [0.25, 0.3) is 10.9 Å². The number of para-hydroxylation sites is 1. The molecule has 0 bridgehead atoms. The lowest BCUT2D eigenvalue weighted by molar-refractivity contribution is -0.00678. The Morgan fingerprint density at radius 1 is 1.37 bits per heavy atom. The van der Waals surface area contributed by atoms with Gasteiger partial charge in [-0.25, -0.2) is 8.78 Å². The number of rotatable bonds is 11. The SMILES string of the molecule is C=N/C=C(\C=NCCC1(CCNC)CCCO1)C1c2[nH]c3ccccc3c2C[C@@H](C)N1CC(F)F. The molecule has 2 unspecified atom stereocenters. The lowest BCUT2D eigenvalue weighted by atomic mass is 9.89. The van der Waals surface area contributed by atoms with Crippen LogP contribution < -0.4 is 5.32 Å². The number of ether oxygens (including phenoxy) is 1. The van der Waals surface area contributed by atoms with Crippen molar-refractivity contribution in [2.75, 3.05) is 33.3 Å². The van der Waals surface area contributed by atoms with Crippen LogP contribution in [0.2, 0.25) is 0 Å². The Morgan fingerprint density at radius 2 is 2.20 bits per heavy atom. The zero-order valence-electron chi connectivity index (χ0n) is 20.8. The average Bonchev–Trinajstić information content (AvgIpc) is 3.45. The van der Waals surface area contributed by atoms with Gasteiger partial charge in [0.25, 0.3) is 6.43 Å². The molecule has 1 saturated heterocycles. The van der Waals surface area contributed by atoms with Crippen molar-refractivity contribution >= 4 is 23.8 Å². The van der Waals surface area contributed by atoms with Crippen LogP contribution in [0, 0.1) is 0 Å². The minimum Gasteiger partial charge on any atom is -0.375 e. The van der Waals surface area contributed by atoms with Crippen LogP contribution >= 0.6 is 0 Å². The summed E-state index contributed by atoms with van der Waals surface area (Å²) in [6, 6.07) is 7.66. The molecule has 35 heavy (non-hydrogen) atoms. The molecule has 0 spiro atoms. The predicted octanol–water partition coefficient (Wildman–Crippen LogP) is 4.92. The molecule has 2 aliphatic heterocycles. The summed E-state index contributed by atoms with van der Waals surface area (Å²) >= 11 is 0. The molecule has 6 nitrogen and oxygen atoms in total. The second kappa shape index (κ2) is 11.5. The molecular weight excluding hydrogens is 448 g/mol. The highest BCUT2D eigenvalue weighted by molar-refractivity contribution is 5.87. The first-order valence-electron chi connectivity index (χ1n) is 12.6. The molecule has 1 fully saturated rings. The average molecular weight is 486 g/mol. The van der Waals surface area contributed by atoms with Crippen molar-refractivity contribution in [3.8, 4) is 0 Å². The van der Waals surface area contributed by atoms with Crippen molar-refractivity contribution in [2.45, 2.75) is 63.1 Å². The smallest absolute Gasteiger partial charge is 0.251 e. The van der Waals surface area contributed by atoms with E-state index in [1.807, 2.05) is 37.1 Å². The number of H-pyrrole nitrogens is 1. The molecule has 0 aliphatic carbocycles. The van der Waals surface area contributed by atoms with Crippen LogP contribution in [0.4, 0.5) is 8.78 Å². The standard InChI is InChI=1S/C27H37F2N5O/c1-19-15-22-21-7-4-5-8-23(21)33-25(22)26(34(19)18-24(28)29)20(16-31-3)17-32-13-11-27(10-12-30-2)9-6-14-35-27/h4-5,7-8,16-17,19,24,26,30,33H,3,6,9-15,18H2,1-2H3/b20-16+,32-17?/t19-,26?,27?/m1/s1. The lowest BCUT2D eigenvalue weighted by Crippen LogP contribution is -2.45. The molecule has 1 aromatic heterocycles. The van der Waals surface area contributed by atoms with Crippen molar-refractivity contribution in [3.63, 3.8) is 0 Å². The fraction of sp³-hybridized carbons (Fsp3) is 0.556. The molecule has 4 rings (SSSR count). The molecule has 3 atom stereocenters. The zero-order valence-corrected chi connectivity index (χ0v) is 20.8. The van der Waals surface area contributed by atoms with E-state index in [1.165, 1.54) is 5.56 Å². The number of aliphatic imine (C=N–C) groups is 2. The molecule has 1 aromatic carbocycles. The summed E-state index contributed by atoms with van der Waals surface area (Å²) in [7, 11) is 1.95. The Morgan fingerprint density at radius 3 is 2.91 bits per heavy atom. The molecule has 2 aromatic rings. The van der Waals surface area contributed by atoms with Gasteiger partial charge in [0.05, 0.1) is 18.2 Å². The monoisotopic (exact) mass is 485 g/mol. The van der Waals surface area contributed by atoms with E-state index in [-0.39, 0.29) is 18.2 Å². The summed E-state index contributed by atoms with van der Waals surface area (Å²) in [5.41, 5.74) is 3.76. The number of halogens is 2. The minimum atomic E-state index is -2.44. The third kappa shape index (κ3) is 5.71. The van der Waals surface area contributed by atoms with Crippen LogP contribution in [-0.2, 0) is 11.2 Å². The Kier molecular flexibility index (Phi) is 8.46. The van der Waals surface area contributed by atoms with E-state index in [9.17, 15) is 8.78 Å². The van der Waals surface area contributed by atoms with Crippen LogP contribution in [0.15, 0.2) is 46.0 Å². The van der Waals surface area contributed by atoms with Crippen molar-refractivity contribution < 1.29 is 13.5 Å². The van der Waals surface area contributed by atoms with Gasteiger partial charge in [-0.3, -0.25) is 14.9 Å². The fourth-order valence-corrected chi connectivity index (χ4v) is 5.66. The maximum Gasteiger partial charge on any atom is 0.251 e. The maximum atomic E-state index is 13.7. The van der Waals surface area contributed by atoms with Gasteiger partial charge in [0, 0.05) is 53.8 Å². The summed E-state index contributed by atoms with van der Waals surface area (Å²) in [4.78, 5) is 14.1. The van der Waals surface area contributed by atoms with Crippen LogP contribution in [0.3, 0.4) is 0 Å². The number of aromatic nitrogens is 1. The van der Waals surface area contributed by atoms with Gasteiger partial charge in [-0.1, -0.05) is 18.2 Å². The van der Waals surface area contributed by atoms with Gasteiger partial charge in [-0.05, 0) is 71.0 Å². The van der Waals surface area contributed by atoms with Gasteiger partial charge in [-0.15, -0.1) is 0 Å². The van der Waals surface area contributed by atoms with E-state index >= 15 is 0 Å². The van der Waals surface area contributed by atoms with Gasteiger partial charge < -0.3 is 15.0 Å². The molecule has 190 valence electrons. The van der Waals surface area contributed by atoms with Crippen molar-refractivity contribution in [2.24, 2.45) is 9.98 Å². The first kappa shape index (κ1) is 25.7. The van der Waals surface area contributed by atoms with Gasteiger partial charge >= 0.3 is 0 Å². The molecule has 2 aliphatic rings. The number of hydrogen-bond donors (Lipinski definition) is 2. The first-order valence-corrected chi connectivity index (χ1v) is 12.6. The summed E-state index contributed by atoms with van der Waals surface area (Å²) < 4.78 is 33.4. The molecule has 3 heterocycles. The second-order valence-corrected chi connectivity index (χ2v) is 9.69. The summed E-state index contributed by atoms with van der Waals surface area (Å²) in [6.45, 7) is 7.65. The fourth-order valence-electron chi connectivity index (χ4n) is 5.66. The van der Waals surface area contributed by atoms with Crippen molar-refractivity contribution in [1.29, 1.82) is 0 Å². The Labute approximate surface area is 206 Å². The number of hydrogen-bond acceptors (Lipinski definition) is 5. The topological polar surface area (TPSA) is 65.0 Å². The summed E-state index contributed by atoms with van der Waals surface area (Å²) in [6.07, 6.45) is 5.63. The van der Waals surface area contributed by atoms with Crippen molar-refractivity contribution in [3.05, 3.63) is 47.3 Å². The highest BCUT2D eigenvalue weighted by Crippen LogP contribution is 2.41. The molecule has 8 heteroatoms. The van der Waals surface area contributed by atoms with E-state index < -0.39 is 12.5 Å². The van der Waals surface area contributed by atoms with Crippen LogP contribution in [0.1, 0.15) is 49.9 Å². The number of fused-ring (bicyclic) bond motifs is 3. The molecule has 0 saturated carbocycles. The maximum absolute atomic E-state index is 13.7. The molecule has 2 N–H and O–H groups in total. The third-order valence-corrected chi connectivity index (χ3v) is 7.37. The van der Waals surface area contributed by atoms with Gasteiger partial charge in [0.2, 0.25) is 0 Å². The quantitative estimate of drug-likeness (QED) is 0.444. The summed E-state index contributed by atoms with van der Waals surface area (Å²) in [5, 5.41) is 4.36. The minimum absolute atomic E-state index is 0.0565. The number of alkyl halides is 2. The Bertz CT molecular complexity index is 1060. The largest absolute Gasteiger partial charge is 0.375 e. The molecular formula is C27H37F2N5O. The second-order valence-electron chi connectivity index (χ2n) is 9.69. The highest BCUT2D eigenvalue weighted by atomic mass is 19.3. The van der Waals surface area contributed by atoms with E-state index in [2.05, 4.69) is 28.1 Å². The lowest BCUT2D eigenvalue weighted by Gasteiger charge is -2.40. The third-order valence-electron chi connectivity index (χ3n) is 7.37.